The Morgan fingerprint density at radius 3 is 2.56 bits per heavy atom. The lowest BCUT2D eigenvalue weighted by molar-refractivity contribution is -0.137. The van der Waals surface area contributed by atoms with Gasteiger partial charge in [-0.2, -0.15) is 13.2 Å². The van der Waals surface area contributed by atoms with Gasteiger partial charge in [0.25, 0.3) is 0 Å². The third-order valence-electron chi connectivity index (χ3n) is 3.43. The van der Waals surface area contributed by atoms with Crippen LogP contribution in [0.15, 0.2) is 46.8 Å². The predicted molar refractivity (Wildman–Crippen MR) is 92.7 cm³/mol. The van der Waals surface area contributed by atoms with Crippen molar-refractivity contribution >= 4 is 39.1 Å². The van der Waals surface area contributed by atoms with Crippen molar-refractivity contribution in [2.24, 2.45) is 0 Å². The molecule has 8 heteroatoms. The van der Waals surface area contributed by atoms with Crippen LogP contribution in [0.2, 0.25) is 0 Å². The molecule has 0 fully saturated rings. The number of alkyl halides is 3. The average molecular weight is 383 g/mol. The third-order valence-corrected chi connectivity index (χ3v) is 5.61. The minimum Gasteiger partial charge on any atom is -0.497 e. The molecule has 0 atom stereocenters. The van der Waals surface area contributed by atoms with Gasteiger partial charge in [-0.1, -0.05) is 11.8 Å². The van der Waals surface area contributed by atoms with Crippen molar-refractivity contribution in [1.29, 1.82) is 0 Å². The Morgan fingerprint density at radius 2 is 1.92 bits per heavy atom. The number of ether oxygens (including phenoxy) is 1. The molecule has 2 aromatic carbocycles. The van der Waals surface area contributed by atoms with Crippen molar-refractivity contribution in [3.63, 3.8) is 0 Å². The molecule has 0 aliphatic heterocycles. The SMILES string of the molecule is COc1ccc(C(=O)CSc2nc3cc(C(F)(F)F)ccc3s2)cc1. The highest BCUT2D eigenvalue weighted by molar-refractivity contribution is 8.01. The van der Waals surface area contributed by atoms with Gasteiger partial charge >= 0.3 is 6.18 Å². The van der Waals surface area contributed by atoms with Gasteiger partial charge in [-0.25, -0.2) is 4.98 Å². The van der Waals surface area contributed by atoms with Crippen molar-refractivity contribution in [3.8, 4) is 5.75 Å². The number of ketones is 1. The molecule has 0 unspecified atom stereocenters. The van der Waals surface area contributed by atoms with Crippen molar-refractivity contribution in [1.82, 2.24) is 4.98 Å². The molecule has 25 heavy (non-hydrogen) atoms. The van der Waals surface area contributed by atoms with Crippen LogP contribution in [0.3, 0.4) is 0 Å². The molecule has 0 radical (unpaired) electrons. The van der Waals surface area contributed by atoms with E-state index < -0.39 is 11.7 Å². The van der Waals surface area contributed by atoms with E-state index in [4.69, 9.17) is 4.74 Å². The first-order chi connectivity index (χ1) is 11.9. The summed E-state index contributed by atoms with van der Waals surface area (Å²) in [6.45, 7) is 0. The number of aromatic nitrogens is 1. The minimum atomic E-state index is -4.39. The van der Waals surface area contributed by atoms with Gasteiger partial charge in [0, 0.05) is 5.56 Å². The molecule has 1 heterocycles. The molecule has 3 nitrogen and oxygen atoms in total. The molecule has 0 spiro atoms. The van der Waals surface area contributed by atoms with Crippen molar-refractivity contribution < 1.29 is 22.7 Å². The van der Waals surface area contributed by atoms with Crippen molar-refractivity contribution in [2.75, 3.05) is 12.9 Å². The van der Waals surface area contributed by atoms with Gasteiger partial charge in [0.1, 0.15) is 5.75 Å². The predicted octanol–water partition coefficient (Wildman–Crippen LogP) is 5.30. The largest absolute Gasteiger partial charge is 0.497 e. The summed E-state index contributed by atoms with van der Waals surface area (Å²) in [7, 11) is 1.55. The maximum Gasteiger partial charge on any atom is 0.416 e. The van der Waals surface area contributed by atoms with Crippen molar-refractivity contribution in [2.45, 2.75) is 10.5 Å². The maximum absolute atomic E-state index is 12.7. The number of fused-ring (bicyclic) bond motifs is 1. The van der Waals surface area contributed by atoms with Gasteiger partial charge in [-0.3, -0.25) is 4.79 Å². The second kappa shape index (κ2) is 7.05. The van der Waals surface area contributed by atoms with Crippen LogP contribution in [0.25, 0.3) is 10.2 Å². The van der Waals surface area contributed by atoms with E-state index in [0.717, 1.165) is 12.1 Å². The molecular formula is C17H12F3NO2S2. The lowest BCUT2D eigenvalue weighted by atomic mass is 10.1. The Kier molecular flexibility index (Phi) is 5.01. The fourth-order valence-corrected chi connectivity index (χ4v) is 4.08. The molecule has 3 rings (SSSR count). The van der Waals surface area contributed by atoms with Gasteiger partial charge < -0.3 is 4.74 Å². The van der Waals surface area contributed by atoms with Crippen LogP contribution in [0.4, 0.5) is 13.2 Å². The van der Waals surface area contributed by atoms with E-state index in [2.05, 4.69) is 4.98 Å². The first kappa shape index (κ1) is 17.8. The Balaban J connectivity index is 1.71. The van der Waals surface area contributed by atoms with Crippen LogP contribution in [-0.4, -0.2) is 23.6 Å². The fraction of sp³-hybridized carbons (Fsp3) is 0.176. The molecule has 0 saturated heterocycles. The molecule has 3 aromatic rings. The number of thioether (sulfide) groups is 1. The monoisotopic (exact) mass is 383 g/mol. The third kappa shape index (κ3) is 4.13. The summed E-state index contributed by atoms with van der Waals surface area (Å²) >= 11 is 2.49. The summed E-state index contributed by atoms with van der Waals surface area (Å²) in [5.74, 6) is 0.747. The van der Waals surface area contributed by atoms with Crippen molar-refractivity contribution in [3.05, 3.63) is 53.6 Å². The Morgan fingerprint density at radius 1 is 1.20 bits per heavy atom. The standard InChI is InChI=1S/C17H12F3NO2S2/c1-23-12-5-2-10(3-6-12)14(22)9-24-16-21-13-8-11(17(18,19)20)4-7-15(13)25-16/h2-8H,9H2,1H3. The lowest BCUT2D eigenvalue weighted by Gasteiger charge is -2.04. The van der Waals surface area contributed by atoms with E-state index in [1.807, 2.05) is 0 Å². The van der Waals surface area contributed by atoms with E-state index in [1.54, 1.807) is 31.4 Å². The van der Waals surface area contributed by atoms with Crippen LogP contribution in [0.1, 0.15) is 15.9 Å². The highest BCUT2D eigenvalue weighted by Crippen LogP contribution is 2.35. The average Bonchev–Trinajstić information content (AvgIpc) is 3.01. The number of hydrogen-bond donors (Lipinski definition) is 0. The van der Waals surface area contributed by atoms with Crippen LogP contribution < -0.4 is 4.74 Å². The van der Waals surface area contributed by atoms with Gasteiger partial charge in [-0.05, 0) is 42.5 Å². The molecule has 0 aliphatic carbocycles. The molecular weight excluding hydrogens is 371 g/mol. The summed E-state index contributed by atoms with van der Waals surface area (Å²) in [6.07, 6.45) is -4.39. The Labute approximate surface area is 149 Å². The maximum atomic E-state index is 12.7. The number of rotatable bonds is 5. The quantitative estimate of drug-likeness (QED) is 0.443. The number of Topliss-reactive ketones (excluding diaryl/α,β-unsaturated/α-hetero) is 1. The summed E-state index contributed by atoms with van der Waals surface area (Å²) in [5.41, 5.74) is 0.115. The smallest absolute Gasteiger partial charge is 0.416 e. The minimum absolute atomic E-state index is 0.0807. The number of carbonyl (C=O) groups excluding carboxylic acids is 1. The van der Waals surface area contributed by atoms with Crippen LogP contribution >= 0.6 is 23.1 Å². The number of benzene rings is 2. The summed E-state index contributed by atoms with van der Waals surface area (Å²) in [4.78, 5) is 16.4. The summed E-state index contributed by atoms with van der Waals surface area (Å²) < 4.78 is 44.5. The first-order valence-corrected chi connectivity index (χ1v) is 8.95. The number of carbonyl (C=O) groups is 1. The lowest BCUT2D eigenvalue weighted by Crippen LogP contribution is -2.04. The van der Waals surface area contributed by atoms with E-state index in [1.165, 1.54) is 29.2 Å². The fourth-order valence-electron chi connectivity index (χ4n) is 2.13. The molecule has 0 bridgehead atoms. The molecule has 1 aromatic heterocycles. The van der Waals surface area contributed by atoms with E-state index in [9.17, 15) is 18.0 Å². The topological polar surface area (TPSA) is 39.2 Å². The van der Waals surface area contributed by atoms with Gasteiger partial charge in [-0.15, -0.1) is 11.3 Å². The van der Waals surface area contributed by atoms with Gasteiger partial charge in [0.2, 0.25) is 0 Å². The second-order valence-electron chi connectivity index (χ2n) is 5.10. The van der Waals surface area contributed by atoms with E-state index >= 15 is 0 Å². The number of halogens is 3. The van der Waals surface area contributed by atoms with E-state index in [-0.39, 0.29) is 11.5 Å². The molecule has 0 aliphatic rings. The second-order valence-corrected chi connectivity index (χ2v) is 7.35. The normalized spacial score (nSPS) is 11.7. The Hall–Kier alpha value is -2.06. The summed E-state index contributed by atoms with van der Waals surface area (Å²) in [6, 6.07) is 10.2. The van der Waals surface area contributed by atoms with E-state index in [0.29, 0.717) is 25.9 Å². The molecule has 0 saturated carbocycles. The molecule has 0 amide bonds. The number of nitrogens with zero attached hydrogens (tertiary/aromatic N) is 1. The zero-order valence-corrected chi connectivity index (χ0v) is 14.6. The van der Waals surface area contributed by atoms with Crippen LogP contribution in [0.5, 0.6) is 5.75 Å². The zero-order valence-electron chi connectivity index (χ0n) is 13.0. The van der Waals surface area contributed by atoms with Crippen LogP contribution in [0, 0.1) is 0 Å². The number of methoxy groups -OCH3 is 1. The van der Waals surface area contributed by atoms with Gasteiger partial charge in [0.15, 0.2) is 10.1 Å². The zero-order chi connectivity index (χ0) is 18.0. The summed E-state index contributed by atoms with van der Waals surface area (Å²) in [5, 5.41) is 0. The Bertz CT molecular complexity index is 904. The first-order valence-electron chi connectivity index (χ1n) is 7.14. The number of hydrogen-bond acceptors (Lipinski definition) is 5. The van der Waals surface area contributed by atoms with Crippen LogP contribution in [-0.2, 0) is 6.18 Å². The highest BCUT2D eigenvalue weighted by atomic mass is 32.2. The number of thiazole rings is 1. The molecule has 0 N–H and O–H groups in total. The van der Waals surface area contributed by atoms with Gasteiger partial charge in [0.05, 0.1) is 28.6 Å². The molecule has 130 valence electrons. The highest BCUT2D eigenvalue weighted by Gasteiger charge is 2.30.